The zero-order valence-electron chi connectivity index (χ0n) is 16.3. The summed E-state index contributed by atoms with van der Waals surface area (Å²) in [6.45, 7) is 2.75. The number of rotatable bonds is 8. The number of nitrogens with one attached hydrogen (secondary N) is 1. The van der Waals surface area contributed by atoms with Crippen LogP contribution in [0, 0.1) is 0 Å². The van der Waals surface area contributed by atoms with Crippen LogP contribution in [0.1, 0.15) is 42.1 Å². The topological polar surface area (TPSA) is 75.7 Å². The first-order chi connectivity index (χ1) is 13.9. The third-order valence-electron chi connectivity index (χ3n) is 4.95. The maximum absolute atomic E-state index is 13.0. The van der Waals surface area contributed by atoms with Gasteiger partial charge in [0.1, 0.15) is 5.75 Å². The van der Waals surface area contributed by atoms with Crippen LogP contribution in [-0.4, -0.2) is 37.9 Å². The Hall–Kier alpha value is -1.93. The highest BCUT2D eigenvalue weighted by Crippen LogP contribution is 2.26. The predicted molar refractivity (Wildman–Crippen MR) is 113 cm³/mol. The van der Waals surface area contributed by atoms with Gasteiger partial charge in [0.2, 0.25) is 0 Å². The van der Waals surface area contributed by atoms with Crippen molar-refractivity contribution in [2.75, 3.05) is 13.2 Å². The van der Waals surface area contributed by atoms with Crippen molar-refractivity contribution < 1.29 is 17.9 Å². The molecule has 1 fully saturated rings. The molecule has 0 spiro atoms. The lowest BCUT2D eigenvalue weighted by Crippen LogP contribution is -2.51. The second-order valence-corrected chi connectivity index (χ2v) is 9.00. The summed E-state index contributed by atoms with van der Waals surface area (Å²) in [6, 6.07) is 14.2. The lowest BCUT2D eigenvalue weighted by atomic mass is 9.97. The molecule has 1 N–H and O–H groups in total. The molecule has 29 heavy (non-hydrogen) atoms. The fraction of sp³-hybridized carbons (Fsp3) is 0.381. The number of ether oxygens (including phenoxy) is 1. The van der Waals surface area contributed by atoms with Crippen molar-refractivity contribution >= 4 is 26.9 Å². The summed E-state index contributed by atoms with van der Waals surface area (Å²) in [6.07, 6.45) is 3.65. The molecule has 1 heterocycles. The summed E-state index contributed by atoms with van der Waals surface area (Å²) in [5.41, 5.74) is 1.20. The Bertz CT molecular complexity index is 950. The molecule has 0 radical (unpaired) electrons. The monoisotopic (exact) mass is 436 g/mol. The van der Waals surface area contributed by atoms with Crippen LogP contribution < -0.4 is 9.57 Å². The molecule has 156 valence electrons. The van der Waals surface area contributed by atoms with Crippen LogP contribution in [0.2, 0.25) is 0 Å². The summed E-state index contributed by atoms with van der Waals surface area (Å²) in [5.74, 6) is 0.270. The Balaban J connectivity index is 1.81. The smallest absolute Gasteiger partial charge is 0.256 e. The van der Waals surface area contributed by atoms with Gasteiger partial charge >= 0.3 is 0 Å². The number of nitrogens with zero attached hydrogens (tertiary/aromatic N) is 1. The minimum absolute atomic E-state index is 0.0195. The van der Waals surface area contributed by atoms with Gasteiger partial charge in [-0.3, -0.25) is 4.79 Å². The molecule has 2 aromatic carbocycles. The number of sulfonamides is 1. The molecule has 3 rings (SSSR count). The predicted octanol–water partition coefficient (Wildman–Crippen LogP) is 3.75. The Kier molecular flexibility index (Phi) is 7.29. The van der Waals surface area contributed by atoms with Crippen molar-refractivity contribution in [3.63, 3.8) is 0 Å². The lowest BCUT2D eigenvalue weighted by molar-refractivity contribution is 0.107. The van der Waals surface area contributed by atoms with E-state index in [1.165, 1.54) is 23.8 Å². The number of hydrogen-bond donors (Lipinski definition) is 1. The first-order valence-corrected chi connectivity index (χ1v) is 11.6. The average Bonchev–Trinajstić information content (AvgIpc) is 2.70. The van der Waals surface area contributed by atoms with Gasteiger partial charge in [0.05, 0.1) is 17.1 Å². The van der Waals surface area contributed by atoms with Crippen molar-refractivity contribution in [1.29, 1.82) is 0 Å². The molecule has 0 aromatic heterocycles. The van der Waals surface area contributed by atoms with E-state index in [2.05, 4.69) is 4.83 Å². The molecule has 0 aliphatic carbocycles. The second kappa shape index (κ2) is 9.71. The summed E-state index contributed by atoms with van der Waals surface area (Å²) < 4.78 is 31.4. The average molecular weight is 437 g/mol. The van der Waals surface area contributed by atoms with Gasteiger partial charge < -0.3 is 4.74 Å². The SMILES string of the molecule is CCOc1ccc(S(=O)(=O)NN2CCCCC2Cc2ccccc2)cc1C(=O)Cl. The van der Waals surface area contributed by atoms with E-state index in [0.717, 1.165) is 25.7 Å². The van der Waals surface area contributed by atoms with Gasteiger partial charge in [0.15, 0.2) is 0 Å². The fourth-order valence-electron chi connectivity index (χ4n) is 3.54. The van der Waals surface area contributed by atoms with Gasteiger partial charge in [-0.2, -0.15) is 0 Å². The van der Waals surface area contributed by atoms with Crippen molar-refractivity contribution in [1.82, 2.24) is 9.84 Å². The number of carbonyl (C=O) groups excluding carboxylic acids is 1. The first kappa shape index (κ1) is 21.8. The Morgan fingerprint density at radius 1 is 1.21 bits per heavy atom. The molecule has 8 heteroatoms. The summed E-state index contributed by atoms with van der Waals surface area (Å²) >= 11 is 5.63. The molecule has 1 unspecified atom stereocenters. The van der Waals surface area contributed by atoms with Crippen LogP contribution in [0.4, 0.5) is 0 Å². The second-order valence-electron chi connectivity index (χ2n) is 6.99. The van der Waals surface area contributed by atoms with Crippen molar-refractivity contribution in [3.05, 3.63) is 59.7 Å². The molecule has 1 aliphatic rings. The van der Waals surface area contributed by atoms with E-state index in [1.807, 2.05) is 30.3 Å². The zero-order valence-corrected chi connectivity index (χ0v) is 17.9. The zero-order chi connectivity index (χ0) is 20.9. The summed E-state index contributed by atoms with van der Waals surface area (Å²) in [7, 11) is -3.86. The molecule has 1 atom stereocenters. The molecule has 1 aliphatic heterocycles. The normalized spacial score (nSPS) is 17.8. The van der Waals surface area contributed by atoms with Gasteiger partial charge in [0, 0.05) is 12.6 Å². The van der Waals surface area contributed by atoms with Gasteiger partial charge in [0.25, 0.3) is 15.3 Å². The standard InChI is InChI=1S/C21H25ClN2O4S/c1-2-28-20-12-11-18(15-19(20)21(22)25)29(26,27)23-24-13-7-6-10-17(24)14-16-8-4-3-5-9-16/h3-5,8-9,11-12,15,17,23H,2,6-7,10,13-14H2,1H3. The van der Waals surface area contributed by atoms with Crippen LogP contribution in [-0.2, 0) is 16.4 Å². The van der Waals surface area contributed by atoms with Crippen molar-refractivity contribution in [2.24, 2.45) is 0 Å². The Morgan fingerprint density at radius 3 is 2.66 bits per heavy atom. The van der Waals surface area contributed by atoms with Crippen LogP contribution in [0.3, 0.4) is 0 Å². The quantitative estimate of drug-likeness (QED) is 0.638. The fourth-order valence-corrected chi connectivity index (χ4v) is 4.86. The van der Waals surface area contributed by atoms with Gasteiger partial charge in [-0.15, -0.1) is 4.83 Å². The third kappa shape index (κ3) is 5.57. The van der Waals surface area contributed by atoms with E-state index in [-0.39, 0.29) is 22.3 Å². The van der Waals surface area contributed by atoms with E-state index in [0.29, 0.717) is 13.2 Å². The van der Waals surface area contributed by atoms with Crippen molar-refractivity contribution in [3.8, 4) is 5.75 Å². The van der Waals surface area contributed by atoms with E-state index in [4.69, 9.17) is 16.3 Å². The molecule has 6 nitrogen and oxygen atoms in total. The van der Waals surface area contributed by atoms with E-state index in [9.17, 15) is 13.2 Å². The minimum atomic E-state index is -3.86. The molecule has 0 bridgehead atoms. The summed E-state index contributed by atoms with van der Waals surface area (Å²) in [5, 5.41) is 1.04. The molecule has 1 saturated heterocycles. The van der Waals surface area contributed by atoms with E-state index >= 15 is 0 Å². The van der Waals surface area contributed by atoms with Gasteiger partial charge in [-0.1, -0.05) is 36.8 Å². The maximum atomic E-state index is 13.0. The molecule has 0 amide bonds. The maximum Gasteiger partial charge on any atom is 0.256 e. The summed E-state index contributed by atoms with van der Waals surface area (Å²) in [4.78, 5) is 14.4. The first-order valence-electron chi connectivity index (χ1n) is 9.70. The molecular weight excluding hydrogens is 412 g/mol. The van der Waals surface area contributed by atoms with E-state index in [1.54, 1.807) is 11.9 Å². The molecule has 0 saturated carbocycles. The van der Waals surface area contributed by atoms with Crippen LogP contribution in [0.15, 0.2) is 53.4 Å². The minimum Gasteiger partial charge on any atom is -0.493 e. The van der Waals surface area contributed by atoms with Crippen molar-refractivity contribution in [2.45, 2.75) is 43.5 Å². The number of benzene rings is 2. The molecular formula is C21H25ClN2O4S. The van der Waals surface area contributed by atoms with E-state index < -0.39 is 15.3 Å². The van der Waals surface area contributed by atoms with Crippen LogP contribution in [0.25, 0.3) is 0 Å². The highest BCUT2D eigenvalue weighted by atomic mass is 35.5. The lowest BCUT2D eigenvalue weighted by Gasteiger charge is -2.35. The molecule has 2 aromatic rings. The van der Waals surface area contributed by atoms with Gasteiger partial charge in [-0.25, -0.2) is 13.4 Å². The Labute approximate surface area is 176 Å². The highest BCUT2D eigenvalue weighted by Gasteiger charge is 2.28. The van der Waals surface area contributed by atoms with Crippen LogP contribution in [0.5, 0.6) is 5.75 Å². The Morgan fingerprint density at radius 2 is 1.97 bits per heavy atom. The third-order valence-corrected chi connectivity index (χ3v) is 6.50. The largest absolute Gasteiger partial charge is 0.493 e. The van der Waals surface area contributed by atoms with Crippen LogP contribution >= 0.6 is 11.6 Å². The van der Waals surface area contributed by atoms with Gasteiger partial charge in [-0.05, 0) is 61.5 Å². The number of hydrogen-bond acceptors (Lipinski definition) is 5. The number of halogens is 1. The number of carbonyl (C=O) groups is 1. The highest BCUT2D eigenvalue weighted by molar-refractivity contribution is 7.89. The number of piperidine rings is 1. The number of hydrazine groups is 1.